The smallest absolute Gasteiger partial charge is 0.128 e. The van der Waals surface area contributed by atoms with Crippen LogP contribution in [0.15, 0.2) is 34.9 Å². The molecule has 1 aromatic heterocycles. The Morgan fingerprint density at radius 1 is 1.40 bits per heavy atom. The standard InChI is InChI=1S/C15H19BrFN3/c1-3-18-15(7-5-12-8-9-19-20(12)2)13-10-11(16)4-6-14(13)17/h4,6,8-10,15,18H,3,5,7H2,1-2H3. The summed E-state index contributed by atoms with van der Waals surface area (Å²) in [7, 11) is 1.93. The molecule has 1 unspecified atom stereocenters. The SMILES string of the molecule is CCNC(CCc1ccnn1C)c1cc(Br)ccc1F. The van der Waals surface area contributed by atoms with Gasteiger partial charge in [0.1, 0.15) is 5.82 Å². The average Bonchev–Trinajstić information content (AvgIpc) is 2.83. The van der Waals surface area contributed by atoms with Gasteiger partial charge in [-0.15, -0.1) is 0 Å². The fourth-order valence-electron chi connectivity index (χ4n) is 2.33. The molecule has 0 amide bonds. The molecule has 0 bridgehead atoms. The van der Waals surface area contributed by atoms with Crippen molar-refractivity contribution in [2.75, 3.05) is 6.54 Å². The molecule has 0 saturated heterocycles. The average molecular weight is 340 g/mol. The quantitative estimate of drug-likeness (QED) is 0.871. The van der Waals surface area contributed by atoms with Crippen LogP contribution in [-0.2, 0) is 13.5 Å². The summed E-state index contributed by atoms with van der Waals surface area (Å²) in [5.74, 6) is -0.163. The second-order valence-electron chi connectivity index (χ2n) is 4.76. The Bertz CT molecular complexity index is 568. The van der Waals surface area contributed by atoms with Gasteiger partial charge in [0.2, 0.25) is 0 Å². The molecule has 1 atom stereocenters. The highest BCUT2D eigenvalue weighted by molar-refractivity contribution is 9.10. The summed E-state index contributed by atoms with van der Waals surface area (Å²) in [6.07, 6.45) is 3.48. The van der Waals surface area contributed by atoms with Crippen molar-refractivity contribution >= 4 is 15.9 Å². The van der Waals surface area contributed by atoms with Gasteiger partial charge in [0.25, 0.3) is 0 Å². The van der Waals surface area contributed by atoms with Gasteiger partial charge in [0, 0.05) is 35.0 Å². The van der Waals surface area contributed by atoms with Gasteiger partial charge in [-0.3, -0.25) is 4.68 Å². The number of nitrogens with zero attached hydrogens (tertiary/aromatic N) is 2. The van der Waals surface area contributed by atoms with Crippen LogP contribution in [0.25, 0.3) is 0 Å². The Labute approximate surface area is 127 Å². The Hall–Kier alpha value is -1.20. The summed E-state index contributed by atoms with van der Waals surface area (Å²) in [6, 6.07) is 7.09. The van der Waals surface area contributed by atoms with Crippen LogP contribution >= 0.6 is 15.9 Å². The highest BCUT2D eigenvalue weighted by Gasteiger charge is 2.16. The highest BCUT2D eigenvalue weighted by atomic mass is 79.9. The number of aryl methyl sites for hydroxylation is 2. The molecule has 1 heterocycles. The predicted molar refractivity (Wildman–Crippen MR) is 82.0 cm³/mol. The second kappa shape index (κ2) is 6.99. The third-order valence-electron chi connectivity index (χ3n) is 3.40. The van der Waals surface area contributed by atoms with Crippen molar-refractivity contribution in [2.24, 2.45) is 7.05 Å². The van der Waals surface area contributed by atoms with Crippen molar-refractivity contribution in [3.05, 3.63) is 52.0 Å². The summed E-state index contributed by atoms with van der Waals surface area (Å²) in [6.45, 7) is 2.84. The summed E-state index contributed by atoms with van der Waals surface area (Å²) in [5, 5.41) is 7.52. The molecule has 1 aromatic carbocycles. The molecule has 0 radical (unpaired) electrons. The molecule has 2 aromatic rings. The van der Waals surface area contributed by atoms with Gasteiger partial charge < -0.3 is 5.32 Å². The number of halogens is 2. The minimum absolute atomic E-state index is 0.00685. The van der Waals surface area contributed by atoms with Crippen molar-refractivity contribution in [1.29, 1.82) is 0 Å². The molecule has 5 heteroatoms. The molecule has 2 rings (SSSR count). The lowest BCUT2D eigenvalue weighted by molar-refractivity contribution is 0.479. The van der Waals surface area contributed by atoms with Crippen LogP contribution in [0.4, 0.5) is 4.39 Å². The van der Waals surface area contributed by atoms with Crippen LogP contribution in [0.5, 0.6) is 0 Å². The summed E-state index contributed by atoms with van der Waals surface area (Å²) >= 11 is 3.41. The maximum absolute atomic E-state index is 14.0. The topological polar surface area (TPSA) is 29.9 Å². The van der Waals surface area contributed by atoms with E-state index in [0.29, 0.717) is 5.56 Å². The van der Waals surface area contributed by atoms with Crippen molar-refractivity contribution < 1.29 is 4.39 Å². The van der Waals surface area contributed by atoms with Gasteiger partial charge in [-0.2, -0.15) is 5.10 Å². The lowest BCUT2D eigenvalue weighted by Gasteiger charge is -2.19. The molecule has 108 valence electrons. The largest absolute Gasteiger partial charge is 0.310 e. The molecular weight excluding hydrogens is 321 g/mol. The molecule has 0 aliphatic carbocycles. The van der Waals surface area contributed by atoms with Crippen LogP contribution < -0.4 is 5.32 Å². The van der Waals surface area contributed by atoms with E-state index in [1.54, 1.807) is 12.3 Å². The van der Waals surface area contributed by atoms with Gasteiger partial charge in [0.15, 0.2) is 0 Å². The fraction of sp³-hybridized carbons (Fsp3) is 0.400. The molecule has 20 heavy (non-hydrogen) atoms. The van der Waals surface area contributed by atoms with Gasteiger partial charge in [-0.25, -0.2) is 4.39 Å². The van der Waals surface area contributed by atoms with E-state index in [-0.39, 0.29) is 11.9 Å². The Morgan fingerprint density at radius 3 is 2.85 bits per heavy atom. The molecule has 0 saturated carbocycles. The Kier molecular flexibility index (Phi) is 5.31. The van der Waals surface area contributed by atoms with Crippen LogP contribution in [0.3, 0.4) is 0 Å². The van der Waals surface area contributed by atoms with E-state index in [1.165, 1.54) is 6.07 Å². The third kappa shape index (κ3) is 3.67. The van der Waals surface area contributed by atoms with E-state index in [2.05, 4.69) is 26.3 Å². The van der Waals surface area contributed by atoms with Gasteiger partial charge in [-0.05, 0) is 43.7 Å². The van der Waals surface area contributed by atoms with E-state index in [9.17, 15) is 4.39 Å². The number of nitrogens with one attached hydrogen (secondary N) is 1. The van der Waals surface area contributed by atoms with Gasteiger partial charge in [0.05, 0.1) is 0 Å². The lowest BCUT2D eigenvalue weighted by Crippen LogP contribution is -2.23. The molecule has 3 nitrogen and oxygen atoms in total. The van der Waals surface area contributed by atoms with Crippen molar-refractivity contribution in [3.8, 4) is 0 Å². The number of aromatic nitrogens is 2. The maximum Gasteiger partial charge on any atom is 0.128 e. The zero-order valence-electron chi connectivity index (χ0n) is 11.7. The first kappa shape index (κ1) is 15.2. The van der Waals surface area contributed by atoms with Gasteiger partial charge >= 0.3 is 0 Å². The van der Waals surface area contributed by atoms with Crippen molar-refractivity contribution in [3.63, 3.8) is 0 Å². The molecule has 0 fully saturated rings. The summed E-state index contributed by atoms with van der Waals surface area (Å²) in [5.41, 5.74) is 1.87. The number of benzene rings is 1. The summed E-state index contributed by atoms with van der Waals surface area (Å²) < 4.78 is 16.8. The minimum atomic E-state index is -0.163. The molecule has 0 aliphatic heterocycles. The lowest BCUT2D eigenvalue weighted by atomic mass is 10.0. The molecule has 0 spiro atoms. The van der Waals surface area contributed by atoms with Crippen molar-refractivity contribution in [1.82, 2.24) is 15.1 Å². The van der Waals surface area contributed by atoms with Crippen LogP contribution in [0.1, 0.15) is 30.6 Å². The maximum atomic E-state index is 14.0. The highest BCUT2D eigenvalue weighted by Crippen LogP contribution is 2.25. The molecular formula is C15H19BrFN3. The zero-order chi connectivity index (χ0) is 14.5. The Balaban J connectivity index is 2.14. The predicted octanol–water partition coefficient (Wildman–Crippen LogP) is 3.61. The van der Waals surface area contributed by atoms with E-state index < -0.39 is 0 Å². The van der Waals surface area contributed by atoms with E-state index in [4.69, 9.17) is 0 Å². The first-order chi connectivity index (χ1) is 9.61. The van der Waals surface area contributed by atoms with Crippen molar-refractivity contribution in [2.45, 2.75) is 25.8 Å². The molecule has 0 aliphatic rings. The third-order valence-corrected chi connectivity index (χ3v) is 3.89. The number of rotatable bonds is 6. The minimum Gasteiger partial charge on any atom is -0.310 e. The van der Waals surface area contributed by atoms with E-state index in [1.807, 2.05) is 30.8 Å². The number of hydrogen-bond donors (Lipinski definition) is 1. The fourth-order valence-corrected chi connectivity index (χ4v) is 2.71. The first-order valence-electron chi connectivity index (χ1n) is 6.77. The normalized spacial score (nSPS) is 12.6. The van der Waals surface area contributed by atoms with E-state index >= 15 is 0 Å². The molecule has 1 N–H and O–H groups in total. The zero-order valence-corrected chi connectivity index (χ0v) is 13.3. The van der Waals surface area contributed by atoms with Gasteiger partial charge in [-0.1, -0.05) is 22.9 Å². The van der Waals surface area contributed by atoms with E-state index in [0.717, 1.165) is 29.6 Å². The van der Waals surface area contributed by atoms with Crippen LogP contribution in [-0.4, -0.2) is 16.3 Å². The monoisotopic (exact) mass is 339 g/mol. The van der Waals surface area contributed by atoms with Crippen LogP contribution in [0, 0.1) is 5.82 Å². The number of hydrogen-bond acceptors (Lipinski definition) is 2. The van der Waals surface area contributed by atoms with Crippen LogP contribution in [0.2, 0.25) is 0 Å². The Morgan fingerprint density at radius 2 is 2.20 bits per heavy atom. The summed E-state index contributed by atoms with van der Waals surface area (Å²) in [4.78, 5) is 0. The second-order valence-corrected chi connectivity index (χ2v) is 5.68. The first-order valence-corrected chi connectivity index (χ1v) is 7.56.